The summed E-state index contributed by atoms with van der Waals surface area (Å²) < 4.78 is -1.94. The number of carbonyl (C=O) groups is 1. The van der Waals surface area contributed by atoms with E-state index in [2.05, 4.69) is 16.0 Å². The summed E-state index contributed by atoms with van der Waals surface area (Å²) in [6, 6.07) is 9.15. The number of amides is 1. The van der Waals surface area contributed by atoms with E-state index in [0.29, 0.717) is 20.8 Å². The van der Waals surface area contributed by atoms with Crippen LogP contribution in [0.3, 0.4) is 0 Å². The maximum Gasteiger partial charge on any atom is 0.254 e. The number of benzene rings is 2. The molecule has 0 saturated heterocycles. The van der Waals surface area contributed by atoms with Crippen molar-refractivity contribution in [1.29, 1.82) is 0 Å². The van der Waals surface area contributed by atoms with Gasteiger partial charge in [0.05, 0.1) is 21.3 Å². The fourth-order valence-electron chi connectivity index (χ4n) is 1.96. The quantitative estimate of drug-likeness (QED) is 0.229. The molecule has 0 aliphatic rings. The van der Waals surface area contributed by atoms with E-state index in [9.17, 15) is 4.79 Å². The van der Waals surface area contributed by atoms with Crippen LogP contribution in [0.25, 0.3) is 0 Å². The van der Waals surface area contributed by atoms with Crippen LogP contribution in [0, 0.1) is 0 Å². The van der Waals surface area contributed by atoms with E-state index >= 15 is 0 Å². The average molecular weight is 541 g/mol. The molecule has 3 N–H and O–H groups in total. The molecule has 1 amide bonds. The van der Waals surface area contributed by atoms with E-state index in [0.717, 1.165) is 0 Å². The summed E-state index contributed by atoms with van der Waals surface area (Å²) in [7, 11) is 0. The van der Waals surface area contributed by atoms with Crippen molar-refractivity contribution in [2.45, 2.75) is 9.96 Å². The molecule has 0 aliphatic heterocycles. The van der Waals surface area contributed by atoms with Gasteiger partial charge in [-0.05, 0) is 48.6 Å². The first-order chi connectivity index (χ1) is 13.0. The zero-order valence-corrected chi connectivity index (χ0v) is 19.6. The molecular weight excluding hydrogens is 530 g/mol. The second-order valence-electron chi connectivity index (χ2n) is 5.29. The molecule has 1 atom stereocenters. The first kappa shape index (κ1) is 23.9. The van der Waals surface area contributed by atoms with Crippen LogP contribution in [0.2, 0.25) is 20.1 Å². The van der Waals surface area contributed by atoms with Gasteiger partial charge in [0.2, 0.25) is 3.79 Å². The number of halogens is 7. The molecule has 0 radical (unpaired) electrons. The SMILES string of the molecule is O=C(N[C@H](NC(=S)Nc1ccc(Cl)cc1Cl)C(Cl)(Cl)Cl)c1ccc(Cl)cc1Cl. The van der Waals surface area contributed by atoms with Crippen molar-refractivity contribution < 1.29 is 4.79 Å². The summed E-state index contributed by atoms with van der Waals surface area (Å²) in [6.45, 7) is 0. The third kappa shape index (κ3) is 6.85. The number of anilines is 1. The number of rotatable bonds is 4. The molecule has 150 valence electrons. The van der Waals surface area contributed by atoms with Crippen LogP contribution in [0.15, 0.2) is 36.4 Å². The van der Waals surface area contributed by atoms with Crippen molar-refractivity contribution in [2.75, 3.05) is 5.32 Å². The Bertz CT molecular complexity index is 904. The van der Waals surface area contributed by atoms with Gasteiger partial charge >= 0.3 is 0 Å². The summed E-state index contributed by atoms with van der Waals surface area (Å²) in [5.74, 6) is -0.599. The van der Waals surface area contributed by atoms with Gasteiger partial charge in [0.15, 0.2) is 5.11 Å². The number of nitrogens with one attached hydrogen (secondary N) is 3. The predicted octanol–water partition coefficient (Wildman–Crippen LogP) is 6.71. The minimum Gasteiger partial charge on any atom is -0.339 e. The van der Waals surface area contributed by atoms with Gasteiger partial charge in [0.1, 0.15) is 6.17 Å². The van der Waals surface area contributed by atoms with E-state index < -0.39 is 15.9 Å². The minimum absolute atomic E-state index is 0.0445. The van der Waals surface area contributed by atoms with Gasteiger partial charge in [-0.25, -0.2) is 0 Å². The van der Waals surface area contributed by atoms with E-state index in [1.807, 2.05) is 0 Å². The van der Waals surface area contributed by atoms with Crippen LogP contribution >= 0.6 is 93.4 Å². The highest BCUT2D eigenvalue weighted by Gasteiger charge is 2.35. The highest BCUT2D eigenvalue weighted by atomic mass is 35.6. The van der Waals surface area contributed by atoms with Crippen LogP contribution in [-0.4, -0.2) is 21.0 Å². The van der Waals surface area contributed by atoms with Gasteiger partial charge in [-0.1, -0.05) is 81.2 Å². The molecule has 0 fully saturated rings. The molecule has 0 unspecified atom stereocenters. The van der Waals surface area contributed by atoms with Crippen molar-refractivity contribution in [3.63, 3.8) is 0 Å². The van der Waals surface area contributed by atoms with E-state index in [4.69, 9.17) is 93.4 Å². The number of hydrogen-bond donors (Lipinski definition) is 3. The van der Waals surface area contributed by atoms with Crippen LogP contribution < -0.4 is 16.0 Å². The van der Waals surface area contributed by atoms with Gasteiger partial charge < -0.3 is 16.0 Å². The average Bonchev–Trinajstić information content (AvgIpc) is 2.55. The fraction of sp³-hybridized carbons (Fsp3) is 0.125. The Hall–Kier alpha value is -0.370. The molecule has 0 heterocycles. The number of carbonyl (C=O) groups excluding carboxylic acids is 1. The highest BCUT2D eigenvalue weighted by molar-refractivity contribution is 7.80. The summed E-state index contributed by atoms with van der Waals surface area (Å²) >= 11 is 46.9. The van der Waals surface area contributed by atoms with Crippen LogP contribution in [0.4, 0.5) is 5.69 Å². The lowest BCUT2D eigenvalue weighted by atomic mass is 10.2. The monoisotopic (exact) mass is 537 g/mol. The first-order valence-electron chi connectivity index (χ1n) is 7.32. The number of hydrogen-bond acceptors (Lipinski definition) is 2. The lowest BCUT2D eigenvalue weighted by molar-refractivity contribution is 0.0934. The van der Waals surface area contributed by atoms with Gasteiger partial charge in [0, 0.05) is 10.0 Å². The zero-order valence-electron chi connectivity index (χ0n) is 13.5. The third-order valence-electron chi connectivity index (χ3n) is 3.23. The van der Waals surface area contributed by atoms with Crippen LogP contribution in [-0.2, 0) is 0 Å². The van der Waals surface area contributed by atoms with Crippen molar-refractivity contribution in [1.82, 2.24) is 10.6 Å². The van der Waals surface area contributed by atoms with Crippen molar-refractivity contribution in [2.24, 2.45) is 0 Å². The molecule has 2 rings (SSSR count). The van der Waals surface area contributed by atoms with Crippen molar-refractivity contribution in [3.05, 3.63) is 62.1 Å². The maximum absolute atomic E-state index is 12.5. The summed E-state index contributed by atoms with van der Waals surface area (Å²) in [4.78, 5) is 12.5. The summed E-state index contributed by atoms with van der Waals surface area (Å²) in [6.07, 6.45) is -1.19. The van der Waals surface area contributed by atoms with Crippen molar-refractivity contribution >= 4 is 110 Å². The third-order valence-corrected chi connectivity index (χ3v) is 5.20. The Morgan fingerprint density at radius 3 is 2.00 bits per heavy atom. The van der Waals surface area contributed by atoms with E-state index in [1.54, 1.807) is 12.1 Å². The van der Waals surface area contributed by atoms with Gasteiger partial charge in [0.25, 0.3) is 5.91 Å². The Kier molecular flexibility index (Phi) is 8.62. The normalized spacial score (nSPS) is 12.2. The minimum atomic E-state index is -1.94. The molecule has 0 aliphatic carbocycles. The molecular formula is C16H10Cl7N3OS. The maximum atomic E-state index is 12.5. The molecule has 0 saturated carbocycles. The molecule has 0 bridgehead atoms. The smallest absolute Gasteiger partial charge is 0.254 e. The van der Waals surface area contributed by atoms with Crippen LogP contribution in [0.5, 0.6) is 0 Å². The fourth-order valence-corrected chi connectivity index (χ4v) is 3.47. The molecule has 0 spiro atoms. The predicted molar refractivity (Wildman–Crippen MR) is 124 cm³/mol. The summed E-state index contributed by atoms with van der Waals surface area (Å²) in [5, 5.41) is 9.41. The van der Waals surface area contributed by atoms with Crippen molar-refractivity contribution in [3.8, 4) is 0 Å². The Balaban J connectivity index is 2.13. The Morgan fingerprint density at radius 1 is 0.893 bits per heavy atom. The molecule has 4 nitrogen and oxygen atoms in total. The standard InChI is InChI=1S/C16H10Cl7N3OS/c17-7-1-3-9(10(19)5-7)13(27)25-14(16(21,22)23)26-15(28)24-12-4-2-8(18)6-11(12)20/h1-6,14H,(H,25,27)(H2,24,26,28)/t14-/m1/s1. The molecule has 2 aromatic rings. The lowest BCUT2D eigenvalue weighted by Crippen LogP contribution is -2.56. The molecule has 0 aromatic heterocycles. The number of thiocarbonyl (C=S) groups is 1. The Labute approximate surface area is 201 Å². The lowest BCUT2D eigenvalue weighted by Gasteiger charge is -2.28. The second-order valence-corrected chi connectivity index (χ2v) is 9.76. The largest absolute Gasteiger partial charge is 0.339 e. The highest BCUT2D eigenvalue weighted by Crippen LogP contribution is 2.30. The van der Waals surface area contributed by atoms with Gasteiger partial charge in [-0.3, -0.25) is 4.79 Å². The summed E-state index contributed by atoms with van der Waals surface area (Å²) in [5.41, 5.74) is 0.616. The second kappa shape index (κ2) is 10.1. The molecule has 2 aromatic carbocycles. The zero-order chi connectivity index (χ0) is 21.1. The van der Waals surface area contributed by atoms with E-state index in [-0.39, 0.29) is 15.7 Å². The van der Waals surface area contributed by atoms with Gasteiger partial charge in [-0.15, -0.1) is 0 Å². The topological polar surface area (TPSA) is 53.2 Å². The molecule has 12 heteroatoms. The van der Waals surface area contributed by atoms with Gasteiger partial charge in [-0.2, -0.15) is 0 Å². The first-order valence-corrected chi connectivity index (χ1v) is 10.4. The molecule has 28 heavy (non-hydrogen) atoms. The number of alkyl halides is 3. The van der Waals surface area contributed by atoms with E-state index in [1.165, 1.54) is 24.3 Å². The van der Waals surface area contributed by atoms with Crippen LogP contribution in [0.1, 0.15) is 10.4 Å². The Morgan fingerprint density at radius 2 is 1.46 bits per heavy atom.